The van der Waals surface area contributed by atoms with Crippen LogP contribution in [0, 0.1) is 5.82 Å². The molecule has 1 rings (SSSR count). The number of hydrogen-bond donors (Lipinski definition) is 1. The smallest absolute Gasteiger partial charge is 0.323 e. The molecule has 104 valence electrons. The maximum atomic E-state index is 12.8. The molecule has 0 fully saturated rings. The van der Waals surface area contributed by atoms with E-state index in [1.807, 2.05) is 6.92 Å². The molecule has 4 nitrogen and oxygen atoms in total. The number of carboxylic acids is 1. The van der Waals surface area contributed by atoms with Gasteiger partial charge in [0.05, 0.1) is 0 Å². The molecule has 0 spiro atoms. The van der Waals surface area contributed by atoms with E-state index in [1.165, 1.54) is 17.0 Å². The summed E-state index contributed by atoms with van der Waals surface area (Å²) >= 11 is 0. The summed E-state index contributed by atoms with van der Waals surface area (Å²) in [7, 11) is 0. The van der Waals surface area contributed by atoms with Crippen molar-refractivity contribution in [1.29, 1.82) is 0 Å². The van der Waals surface area contributed by atoms with Crippen LogP contribution in [0.2, 0.25) is 0 Å². The van der Waals surface area contributed by atoms with E-state index in [4.69, 9.17) is 5.11 Å². The van der Waals surface area contributed by atoms with Gasteiger partial charge in [-0.2, -0.15) is 0 Å². The molecule has 0 saturated heterocycles. The van der Waals surface area contributed by atoms with Crippen molar-refractivity contribution < 1.29 is 19.1 Å². The van der Waals surface area contributed by atoms with Gasteiger partial charge in [0.2, 0.25) is 5.91 Å². The van der Waals surface area contributed by atoms with Crippen LogP contribution >= 0.6 is 0 Å². The van der Waals surface area contributed by atoms with Crippen LogP contribution in [0.25, 0.3) is 0 Å². The van der Waals surface area contributed by atoms with Crippen molar-refractivity contribution in [3.05, 3.63) is 35.6 Å². The molecule has 0 aromatic heterocycles. The summed E-state index contributed by atoms with van der Waals surface area (Å²) in [6.45, 7) is 1.82. The van der Waals surface area contributed by atoms with Gasteiger partial charge in [-0.25, -0.2) is 4.39 Å². The van der Waals surface area contributed by atoms with E-state index in [-0.39, 0.29) is 24.8 Å². The summed E-state index contributed by atoms with van der Waals surface area (Å²) in [4.78, 5) is 24.0. The monoisotopic (exact) mass is 267 g/mol. The van der Waals surface area contributed by atoms with Gasteiger partial charge in [-0.15, -0.1) is 0 Å². The van der Waals surface area contributed by atoms with Crippen molar-refractivity contribution in [1.82, 2.24) is 4.90 Å². The first-order valence-corrected chi connectivity index (χ1v) is 6.27. The molecule has 19 heavy (non-hydrogen) atoms. The highest BCUT2D eigenvalue weighted by Gasteiger charge is 2.16. The molecule has 0 radical (unpaired) electrons. The number of benzene rings is 1. The molecule has 1 aromatic rings. The fourth-order valence-corrected chi connectivity index (χ4v) is 1.69. The van der Waals surface area contributed by atoms with Gasteiger partial charge >= 0.3 is 5.97 Å². The molecule has 0 aliphatic heterocycles. The number of carbonyl (C=O) groups excluding carboxylic acids is 1. The quantitative estimate of drug-likeness (QED) is 0.825. The highest BCUT2D eigenvalue weighted by atomic mass is 19.1. The van der Waals surface area contributed by atoms with Gasteiger partial charge in [-0.1, -0.05) is 25.5 Å². The average Bonchev–Trinajstić information content (AvgIpc) is 2.37. The van der Waals surface area contributed by atoms with Crippen LogP contribution in [-0.4, -0.2) is 28.4 Å². The lowest BCUT2D eigenvalue weighted by molar-refractivity contribution is -0.144. The first kappa shape index (κ1) is 15.1. The Bertz CT molecular complexity index is 431. The normalized spacial score (nSPS) is 10.2. The molecule has 5 heteroatoms. The molecule has 0 saturated carbocycles. The lowest BCUT2D eigenvalue weighted by Gasteiger charge is -2.20. The second-order valence-corrected chi connectivity index (χ2v) is 4.37. The number of carboxylic acid groups (broad SMARTS) is 1. The van der Waals surface area contributed by atoms with E-state index in [0.29, 0.717) is 12.0 Å². The minimum Gasteiger partial charge on any atom is -0.480 e. The van der Waals surface area contributed by atoms with E-state index < -0.39 is 5.97 Å². The van der Waals surface area contributed by atoms with Gasteiger partial charge in [-0.3, -0.25) is 9.59 Å². The maximum absolute atomic E-state index is 12.8. The number of nitrogens with zero attached hydrogens (tertiary/aromatic N) is 1. The third-order valence-corrected chi connectivity index (χ3v) is 2.71. The number of carbonyl (C=O) groups is 2. The van der Waals surface area contributed by atoms with E-state index in [9.17, 15) is 14.0 Å². The number of unbranched alkanes of at least 4 members (excludes halogenated alkanes) is 1. The van der Waals surface area contributed by atoms with Crippen LogP contribution in [0.3, 0.4) is 0 Å². The van der Waals surface area contributed by atoms with E-state index in [0.717, 1.165) is 12.8 Å². The second-order valence-electron chi connectivity index (χ2n) is 4.37. The lowest BCUT2D eigenvalue weighted by atomic mass is 10.2. The highest BCUT2D eigenvalue weighted by Crippen LogP contribution is 2.09. The first-order valence-electron chi connectivity index (χ1n) is 6.27. The molecular formula is C14H18FNO3. The summed E-state index contributed by atoms with van der Waals surface area (Å²) in [6.07, 6.45) is 1.95. The molecule has 0 bridgehead atoms. The largest absolute Gasteiger partial charge is 0.480 e. The Kier molecular flexibility index (Phi) is 5.99. The van der Waals surface area contributed by atoms with Crippen molar-refractivity contribution in [3.63, 3.8) is 0 Å². The fraction of sp³-hybridized carbons (Fsp3) is 0.429. The van der Waals surface area contributed by atoms with E-state index in [1.54, 1.807) is 12.1 Å². The Hall–Kier alpha value is -1.91. The van der Waals surface area contributed by atoms with Gasteiger partial charge in [0, 0.05) is 13.0 Å². The van der Waals surface area contributed by atoms with E-state index >= 15 is 0 Å². The Labute approximate surface area is 111 Å². The first-order chi connectivity index (χ1) is 9.02. The van der Waals surface area contributed by atoms with Crippen molar-refractivity contribution in [2.45, 2.75) is 32.7 Å². The topological polar surface area (TPSA) is 57.6 Å². The zero-order valence-corrected chi connectivity index (χ0v) is 10.9. The Morgan fingerprint density at radius 2 is 1.89 bits per heavy atom. The van der Waals surface area contributed by atoms with Crippen LogP contribution in [0.4, 0.5) is 4.39 Å². The summed E-state index contributed by atoms with van der Waals surface area (Å²) < 4.78 is 12.8. The van der Waals surface area contributed by atoms with Crippen LogP contribution in [0.5, 0.6) is 0 Å². The number of aliphatic carboxylic acids is 1. The molecule has 0 unspecified atom stereocenters. The van der Waals surface area contributed by atoms with Gasteiger partial charge in [-0.05, 0) is 24.1 Å². The van der Waals surface area contributed by atoms with Gasteiger partial charge in [0.15, 0.2) is 0 Å². The average molecular weight is 267 g/mol. The molecule has 1 N–H and O–H groups in total. The molecule has 1 amide bonds. The third kappa shape index (κ3) is 5.50. The molecule has 0 aliphatic carbocycles. The summed E-state index contributed by atoms with van der Waals surface area (Å²) in [6, 6.07) is 5.70. The maximum Gasteiger partial charge on any atom is 0.323 e. The minimum absolute atomic E-state index is 0.187. The number of hydrogen-bond acceptors (Lipinski definition) is 2. The molecule has 0 aliphatic rings. The zero-order chi connectivity index (χ0) is 14.3. The highest BCUT2D eigenvalue weighted by molar-refractivity contribution is 5.81. The summed E-state index contributed by atoms with van der Waals surface area (Å²) in [5.74, 6) is -1.59. The van der Waals surface area contributed by atoms with Crippen LogP contribution in [-0.2, 0) is 16.1 Å². The lowest BCUT2D eigenvalue weighted by Crippen LogP contribution is -2.35. The Morgan fingerprint density at radius 3 is 2.42 bits per heavy atom. The van der Waals surface area contributed by atoms with Gasteiger partial charge in [0.1, 0.15) is 12.4 Å². The van der Waals surface area contributed by atoms with Crippen molar-refractivity contribution in [2.75, 3.05) is 6.54 Å². The van der Waals surface area contributed by atoms with Crippen LogP contribution in [0.1, 0.15) is 31.7 Å². The predicted octanol–water partition coefficient (Wildman–Crippen LogP) is 2.43. The number of rotatable bonds is 7. The second kappa shape index (κ2) is 7.51. The van der Waals surface area contributed by atoms with Crippen molar-refractivity contribution in [3.8, 4) is 0 Å². The Morgan fingerprint density at radius 1 is 1.26 bits per heavy atom. The zero-order valence-electron chi connectivity index (χ0n) is 10.9. The summed E-state index contributed by atoms with van der Waals surface area (Å²) in [5, 5.41) is 8.83. The summed E-state index contributed by atoms with van der Waals surface area (Å²) in [5.41, 5.74) is 0.715. The van der Waals surface area contributed by atoms with Gasteiger partial charge < -0.3 is 10.0 Å². The van der Waals surface area contributed by atoms with Gasteiger partial charge in [0.25, 0.3) is 0 Å². The third-order valence-electron chi connectivity index (χ3n) is 2.71. The van der Waals surface area contributed by atoms with Crippen molar-refractivity contribution in [2.24, 2.45) is 0 Å². The molecular weight excluding hydrogens is 249 g/mol. The molecule has 0 atom stereocenters. The SMILES string of the molecule is CCCCC(=O)N(CC(=O)O)Cc1ccc(F)cc1. The van der Waals surface area contributed by atoms with Crippen LogP contribution < -0.4 is 0 Å². The number of amides is 1. The minimum atomic E-state index is -1.05. The number of halogens is 1. The predicted molar refractivity (Wildman–Crippen MR) is 69.0 cm³/mol. The van der Waals surface area contributed by atoms with Crippen LogP contribution in [0.15, 0.2) is 24.3 Å². The van der Waals surface area contributed by atoms with E-state index in [2.05, 4.69) is 0 Å². The molecule has 0 heterocycles. The fourth-order valence-electron chi connectivity index (χ4n) is 1.69. The standard InChI is InChI=1S/C14H18FNO3/c1-2-3-4-13(17)16(10-14(18)19)9-11-5-7-12(15)8-6-11/h5-8H,2-4,9-10H2,1H3,(H,18,19). The Balaban J connectivity index is 2.70. The molecule has 1 aromatic carbocycles. The van der Waals surface area contributed by atoms with Crippen molar-refractivity contribution >= 4 is 11.9 Å².